The van der Waals surface area contributed by atoms with Crippen molar-refractivity contribution in [3.8, 4) is 0 Å². The predicted octanol–water partition coefficient (Wildman–Crippen LogP) is 1.95. The fraction of sp³-hybridized carbons (Fsp3) is 0.500. The summed E-state index contributed by atoms with van der Waals surface area (Å²) in [5, 5.41) is 13.4. The van der Waals surface area contributed by atoms with Crippen LogP contribution in [0.1, 0.15) is 32.8 Å². The van der Waals surface area contributed by atoms with Crippen molar-refractivity contribution in [2.75, 3.05) is 5.75 Å². The summed E-state index contributed by atoms with van der Waals surface area (Å²) in [7, 11) is 0. The maximum Gasteiger partial charge on any atom is 0.408 e. The monoisotopic (exact) mass is 324 g/mol. The highest BCUT2D eigenvalue weighted by molar-refractivity contribution is 7.98. The van der Waals surface area contributed by atoms with Gasteiger partial charge in [-0.1, -0.05) is 30.3 Å². The Hall–Kier alpha value is -1.69. The van der Waals surface area contributed by atoms with Crippen LogP contribution in [0.4, 0.5) is 4.79 Å². The molecule has 0 aliphatic carbocycles. The molecule has 0 saturated heterocycles. The van der Waals surface area contributed by atoms with Crippen LogP contribution in [0.2, 0.25) is 0 Å². The average Bonchev–Trinajstić information content (AvgIpc) is 2.41. The van der Waals surface area contributed by atoms with Crippen molar-refractivity contribution < 1.29 is 19.4 Å². The molecule has 5 nitrogen and oxygen atoms in total. The van der Waals surface area contributed by atoms with Crippen LogP contribution in [0.25, 0.3) is 0 Å². The molecule has 0 fully saturated rings. The van der Waals surface area contributed by atoms with Crippen LogP contribution in [0.15, 0.2) is 30.3 Å². The molecule has 1 amide bonds. The summed E-state index contributed by atoms with van der Waals surface area (Å²) in [6, 6.07) is 8.86. The number of amides is 1. The molecule has 0 saturated carbocycles. The minimum Gasteiger partial charge on any atom is -0.548 e. The van der Waals surface area contributed by atoms with Crippen molar-refractivity contribution in [3.05, 3.63) is 35.9 Å². The Labute approximate surface area is 135 Å². The molecular formula is C16H22NO4S-. The number of benzene rings is 1. The van der Waals surface area contributed by atoms with E-state index in [1.54, 1.807) is 32.5 Å². The lowest BCUT2D eigenvalue weighted by Gasteiger charge is -2.24. The summed E-state index contributed by atoms with van der Waals surface area (Å²) in [6.07, 6.45) is -0.450. The highest BCUT2D eigenvalue weighted by Gasteiger charge is 2.19. The number of carbonyl (C=O) groups is 2. The Bertz CT molecular complexity index is 485. The third kappa shape index (κ3) is 7.93. The molecule has 1 aromatic rings. The standard InChI is InChI=1S/C16H23NO4S/c1-16(2,3)21-15(20)17-13(14(18)19)9-10-22-11-12-7-5-4-6-8-12/h4-8,13H,9-11H2,1-3H3,(H,17,20)(H,18,19)/p-1/t13-/m1/s1. The van der Waals surface area contributed by atoms with Crippen molar-refractivity contribution in [1.82, 2.24) is 5.32 Å². The van der Waals surface area contributed by atoms with Crippen LogP contribution >= 0.6 is 11.8 Å². The van der Waals surface area contributed by atoms with Gasteiger partial charge in [0.05, 0.1) is 12.0 Å². The van der Waals surface area contributed by atoms with Gasteiger partial charge in [-0.2, -0.15) is 11.8 Å². The minimum atomic E-state index is -1.30. The quantitative estimate of drug-likeness (QED) is 0.776. The first kappa shape index (κ1) is 18.4. The van der Waals surface area contributed by atoms with E-state index in [-0.39, 0.29) is 0 Å². The SMILES string of the molecule is CC(C)(C)OC(=O)N[C@H](CCSCc1ccccc1)C(=O)[O-]. The van der Waals surface area contributed by atoms with Crippen molar-refractivity contribution >= 4 is 23.8 Å². The van der Waals surface area contributed by atoms with Crippen LogP contribution < -0.4 is 10.4 Å². The second kappa shape index (κ2) is 8.68. The summed E-state index contributed by atoms with van der Waals surface area (Å²) < 4.78 is 5.05. The van der Waals surface area contributed by atoms with E-state index in [2.05, 4.69) is 5.32 Å². The number of hydrogen-bond donors (Lipinski definition) is 1. The molecule has 22 heavy (non-hydrogen) atoms. The predicted molar refractivity (Wildman–Crippen MR) is 85.4 cm³/mol. The molecule has 0 bridgehead atoms. The zero-order chi connectivity index (χ0) is 16.6. The van der Waals surface area contributed by atoms with E-state index < -0.39 is 23.7 Å². The molecule has 6 heteroatoms. The second-order valence-electron chi connectivity index (χ2n) is 5.84. The Kier molecular flexibility index (Phi) is 7.24. The molecule has 0 aliphatic rings. The second-order valence-corrected chi connectivity index (χ2v) is 6.95. The smallest absolute Gasteiger partial charge is 0.408 e. The van der Waals surface area contributed by atoms with Crippen molar-refractivity contribution in [3.63, 3.8) is 0 Å². The molecule has 0 unspecified atom stereocenters. The topological polar surface area (TPSA) is 78.5 Å². The van der Waals surface area contributed by atoms with Crippen LogP contribution in [-0.4, -0.2) is 29.5 Å². The highest BCUT2D eigenvalue weighted by Crippen LogP contribution is 2.14. The fourth-order valence-corrected chi connectivity index (χ4v) is 2.64. The van der Waals surface area contributed by atoms with Gasteiger partial charge in [0.25, 0.3) is 0 Å². The van der Waals surface area contributed by atoms with Gasteiger partial charge < -0.3 is 20.0 Å². The molecule has 122 valence electrons. The van der Waals surface area contributed by atoms with Crippen LogP contribution in [0.5, 0.6) is 0 Å². The molecule has 0 spiro atoms. The lowest BCUT2D eigenvalue weighted by atomic mass is 10.2. The Balaban J connectivity index is 2.35. The van der Waals surface area contributed by atoms with Gasteiger partial charge in [-0.3, -0.25) is 0 Å². The number of ether oxygens (including phenoxy) is 1. The van der Waals surface area contributed by atoms with E-state index in [4.69, 9.17) is 4.74 Å². The largest absolute Gasteiger partial charge is 0.548 e. The van der Waals surface area contributed by atoms with Gasteiger partial charge in [-0.05, 0) is 38.5 Å². The number of alkyl carbamates (subject to hydrolysis) is 1. The molecule has 0 heterocycles. The zero-order valence-corrected chi connectivity index (χ0v) is 13.9. The summed E-state index contributed by atoms with van der Waals surface area (Å²) in [6.45, 7) is 5.16. The number of thioether (sulfide) groups is 1. The average molecular weight is 324 g/mol. The van der Waals surface area contributed by atoms with E-state index >= 15 is 0 Å². The Morgan fingerprint density at radius 1 is 1.27 bits per heavy atom. The molecule has 0 radical (unpaired) electrons. The summed E-state index contributed by atoms with van der Waals surface area (Å²) in [5.41, 5.74) is 0.514. The molecule has 1 aromatic carbocycles. The van der Waals surface area contributed by atoms with Crippen LogP contribution in [0, 0.1) is 0 Å². The lowest BCUT2D eigenvalue weighted by Crippen LogP contribution is -2.49. The first-order chi connectivity index (χ1) is 10.3. The maximum atomic E-state index is 11.6. The molecule has 0 aliphatic heterocycles. The van der Waals surface area contributed by atoms with Crippen LogP contribution in [-0.2, 0) is 15.3 Å². The normalized spacial score (nSPS) is 12.5. The summed E-state index contributed by atoms with van der Waals surface area (Å²) in [5.74, 6) is 0.0993. The number of carboxylic acids is 1. The molecule has 1 rings (SSSR count). The van der Waals surface area contributed by atoms with E-state index in [9.17, 15) is 14.7 Å². The van der Waals surface area contributed by atoms with Gasteiger partial charge in [-0.25, -0.2) is 4.79 Å². The van der Waals surface area contributed by atoms with Crippen molar-refractivity contribution in [2.45, 2.75) is 44.6 Å². The number of carbonyl (C=O) groups excluding carboxylic acids is 2. The third-order valence-electron chi connectivity index (χ3n) is 2.64. The number of hydrogen-bond acceptors (Lipinski definition) is 5. The summed E-state index contributed by atoms with van der Waals surface area (Å²) in [4.78, 5) is 22.7. The van der Waals surface area contributed by atoms with E-state index in [1.165, 1.54) is 5.56 Å². The highest BCUT2D eigenvalue weighted by atomic mass is 32.2. The van der Waals surface area contributed by atoms with Crippen LogP contribution in [0.3, 0.4) is 0 Å². The Morgan fingerprint density at radius 3 is 2.45 bits per heavy atom. The third-order valence-corrected chi connectivity index (χ3v) is 3.70. The van der Waals surface area contributed by atoms with Gasteiger partial charge in [0, 0.05) is 5.75 Å². The first-order valence-corrected chi connectivity index (χ1v) is 8.25. The molecular weight excluding hydrogens is 302 g/mol. The van der Waals surface area contributed by atoms with Gasteiger partial charge >= 0.3 is 6.09 Å². The van der Waals surface area contributed by atoms with Crippen molar-refractivity contribution in [1.29, 1.82) is 0 Å². The molecule has 1 N–H and O–H groups in total. The van der Waals surface area contributed by atoms with Gasteiger partial charge in [0.1, 0.15) is 5.60 Å². The van der Waals surface area contributed by atoms with E-state index in [0.29, 0.717) is 12.2 Å². The zero-order valence-electron chi connectivity index (χ0n) is 13.1. The van der Waals surface area contributed by atoms with Gasteiger partial charge in [0.15, 0.2) is 0 Å². The summed E-state index contributed by atoms with van der Waals surface area (Å²) >= 11 is 1.61. The molecule has 0 aromatic heterocycles. The van der Waals surface area contributed by atoms with E-state index in [0.717, 1.165) is 5.75 Å². The number of carboxylic acid groups (broad SMARTS) is 1. The Morgan fingerprint density at radius 2 is 1.91 bits per heavy atom. The minimum absolute atomic E-state index is 0.291. The fourth-order valence-electron chi connectivity index (χ4n) is 1.66. The maximum absolute atomic E-state index is 11.6. The number of nitrogens with one attached hydrogen (secondary N) is 1. The number of aliphatic carboxylic acids is 1. The van der Waals surface area contributed by atoms with Crippen molar-refractivity contribution in [2.24, 2.45) is 0 Å². The molecule has 1 atom stereocenters. The number of rotatable bonds is 7. The van der Waals surface area contributed by atoms with E-state index in [1.807, 2.05) is 30.3 Å². The van der Waals surface area contributed by atoms with Gasteiger partial charge in [-0.15, -0.1) is 0 Å². The van der Waals surface area contributed by atoms with Gasteiger partial charge in [0.2, 0.25) is 0 Å². The first-order valence-electron chi connectivity index (χ1n) is 7.10. The lowest BCUT2D eigenvalue weighted by molar-refractivity contribution is -0.308.